The molecule has 0 spiro atoms. The molecule has 4 nitrogen and oxygen atoms in total. The Hall–Kier alpha value is -0.610. The SMILES string of the molecule is CCC1CCN(CCC(C)(NC2CC2)C(=O)OC)CC1. The van der Waals surface area contributed by atoms with E-state index in [1.54, 1.807) is 0 Å². The van der Waals surface area contributed by atoms with E-state index in [0.29, 0.717) is 6.04 Å². The fourth-order valence-electron chi connectivity index (χ4n) is 3.14. The first-order chi connectivity index (χ1) is 9.57. The Kier molecular flexibility index (Phi) is 5.44. The van der Waals surface area contributed by atoms with Crippen molar-refractivity contribution in [2.75, 3.05) is 26.7 Å². The molecule has 0 bridgehead atoms. The number of nitrogens with zero attached hydrogens (tertiary/aromatic N) is 1. The molecule has 1 saturated heterocycles. The number of carbonyl (C=O) groups is 1. The number of likely N-dealkylation sites (tertiary alicyclic amines) is 1. The second kappa shape index (κ2) is 6.90. The topological polar surface area (TPSA) is 41.6 Å². The summed E-state index contributed by atoms with van der Waals surface area (Å²) >= 11 is 0. The summed E-state index contributed by atoms with van der Waals surface area (Å²) in [7, 11) is 1.49. The van der Waals surface area contributed by atoms with E-state index in [1.165, 1.54) is 52.3 Å². The molecular weight excluding hydrogens is 252 g/mol. The van der Waals surface area contributed by atoms with Gasteiger partial charge in [-0.25, -0.2) is 0 Å². The minimum atomic E-state index is -0.516. The summed E-state index contributed by atoms with van der Waals surface area (Å²) in [5.74, 6) is 0.788. The van der Waals surface area contributed by atoms with Gasteiger partial charge in [0.25, 0.3) is 0 Å². The van der Waals surface area contributed by atoms with Crippen LogP contribution in [0.4, 0.5) is 0 Å². The van der Waals surface area contributed by atoms with Gasteiger partial charge in [-0.1, -0.05) is 13.3 Å². The lowest BCUT2D eigenvalue weighted by atomic mass is 9.92. The zero-order valence-corrected chi connectivity index (χ0v) is 13.3. The zero-order chi connectivity index (χ0) is 14.6. The van der Waals surface area contributed by atoms with Crippen molar-refractivity contribution in [3.8, 4) is 0 Å². The highest BCUT2D eigenvalue weighted by atomic mass is 16.5. The maximum atomic E-state index is 12.1. The summed E-state index contributed by atoms with van der Waals surface area (Å²) < 4.78 is 5.00. The molecule has 1 aliphatic heterocycles. The predicted molar refractivity (Wildman–Crippen MR) is 80.7 cm³/mol. The summed E-state index contributed by atoms with van der Waals surface area (Å²) in [5.41, 5.74) is -0.516. The lowest BCUT2D eigenvalue weighted by molar-refractivity contribution is -0.148. The van der Waals surface area contributed by atoms with Crippen LogP contribution in [-0.2, 0) is 9.53 Å². The molecule has 20 heavy (non-hydrogen) atoms. The van der Waals surface area contributed by atoms with Crippen molar-refractivity contribution < 1.29 is 9.53 Å². The molecule has 0 aromatic rings. The van der Waals surface area contributed by atoms with Crippen LogP contribution >= 0.6 is 0 Å². The highest BCUT2D eigenvalue weighted by Gasteiger charge is 2.39. The van der Waals surface area contributed by atoms with Crippen LogP contribution in [0.15, 0.2) is 0 Å². The normalized spacial score (nSPS) is 24.4. The Balaban J connectivity index is 1.81. The Labute approximate surface area is 123 Å². The molecular formula is C16H30N2O2. The van der Waals surface area contributed by atoms with Gasteiger partial charge in [0.1, 0.15) is 5.54 Å². The number of carbonyl (C=O) groups excluding carboxylic acids is 1. The average Bonchev–Trinajstić information content (AvgIpc) is 3.28. The van der Waals surface area contributed by atoms with Gasteiger partial charge < -0.3 is 9.64 Å². The van der Waals surface area contributed by atoms with Gasteiger partial charge in [-0.05, 0) is 58.0 Å². The maximum absolute atomic E-state index is 12.1. The largest absolute Gasteiger partial charge is 0.468 e. The molecule has 116 valence electrons. The molecule has 1 saturated carbocycles. The van der Waals surface area contributed by atoms with Crippen LogP contribution in [0.2, 0.25) is 0 Å². The molecule has 1 aliphatic carbocycles. The number of esters is 1. The van der Waals surface area contributed by atoms with Gasteiger partial charge in [-0.15, -0.1) is 0 Å². The van der Waals surface area contributed by atoms with Crippen LogP contribution in [0.5, 0.6) is 0 Å². The van der Waals surface area contributed by atoms with Gasteiger partial charge in [-0.2, -0.15) is 0 Å². The summed E-state index contributed by atoms with van der Waals surface area (Å²) in [6, 6.07) is 0.518. The van der Waals surface area contributed by atoms with E-state index in [4.69, 9.17) is 4.74 Å². The van der Waals surface area contributed by atoms with E-state index in [9.17, 15) is 4.79 Å². The molecule has 0 aromatic heterocycles. The number of ether oxygens (including phenoxy) is 1. The molecule has 2 fully saturated rings. The average molecular weight is 282 g/mol. The monoisotopic (exact) mass is 282 g/mol. The van der Waals surface area contributed by atoms with Crippen molar-refractivity contribution in [2.24, 2.45) is 5.92 Å². The van der Waals surface area contributed by atoms with Gasteiger partial charge in [-0.3, -0.25) is 10.1 Å². The van der Waals surface area contributed by atoms with Crippen molar-refractivity contribution in [3.63, 3.8) is 0 Å². The standard InChI is InChI=1S/C16H30N2O2/c1-4-13-7-10-18(11-8-13)12-9-16(2,15(19)20-3)17-14-5-6-14/h13-14,17H,4-12H2,1-3H3. The van der Waals surface area contributed by atoms with Crippen molar-refractivity contribution >= 4 is 5.97 Å². The minimum Gasteiger partial charge on any atom is -0.468 e. The number of methoxy groups -OCH3 is 1. The van der Waals surface area contributed by atoms with Gasteiger partial charge in [0.15, 0.2) is 0 Å². The quantitative estimate of drug-likeness (QED) is 0.727. The third-order valence-electron chi connectivity index (χ3n) is 4.95. The first-order valence-corrected chi connectivity index (χ1v) is 8.16. The molecule has 1 atom stereocenters. The van der Waals surface area contributed by atoms with Crippen LogP contribution in [0.3, 0.4) is 0 Å². The Morgan fingerprint density at radius 1 is 1.30 bits per heavy atom. The first kappa shape index (κ1) is 15.8. The van der Waals surface area contributed by atoms with Gasteiger partial charge in [0.2, 0.25) is 0 Å². The number of nitrogens with one attached hydrogen (secondary N) is 1. The molecule has 4 heteroatoms. The maximum Gasteiger partial charge on any atom is 0.325 e. The third-order valence-corrected chi connectivity index (χ3v) is 4.95. The molecule has 2 aliphatic rings. The lowest BCUT2D eigenvalue weighted by Gasteiger charge is -2.35. The lowest BCUT2D eigenvalue weighted by Crippen LogP contribution is -2.53. The molecule has 1 unspecified atom stereocenters. The second-order valence-corrected chi connectivity index (χ2v) is 6.69. The van der Waals surface area contributed by atoms with Crippen molar-refractivity contribution in [2.45, 2.75) is 64.0 Å². The summed E-state index contributed by atoms with van der Waals surface area (Å²) in [6.45, 7) is 7.63. The van der Waals surface area contributed by atoms with Crippen molar-refractivity contribution in [3.05, 3.63) is 0 Å². The molecule has 1 heterocycles. The van der Waals surface area contributed by atoms with E-state index < -0.39 is 5.54 Å². The Morgan fingerprint density at radius 3 is 2.45 bits per heavy atom. The van der Waals surface area contributed by atoms with E-state index in [2.05, 4.69) is 17.1 Å². The molecule has 0 amide bonds. The second-order valence-electron chi connectivity index (χ2n) is 6.69. The highest BCUT2D eigenvalue weighted by Crippen LogP contribution is 2.26. The van der Waals surface area contributed by atoms with Crippen LogP contribution in [0.1, 0.15) is 52.4 Å². The molecule has 2 rings (SSSR count). The Bertz CT molecular complexity index is 322. The van der Waals surface area contributed by atoms with E-state index >= 15 is 0 Å². The van der Waals surface area contributed by atoms with Crippen LogP contribution in [0.25, 0.3) is 0 Å². The fourth-order valence-corrected chi connectivity index (χ4v) is 3.14. The predicted octanol–water partition coefficient (Wildman–Crippen LogP) is 2.18. The smallest absolute Gasteiger partial charge is 0.325 e. The van der Waals surface area contributed by atoms with Gasteiger partial charge >= 0.3 is 5.97 Å². The number of piperidine rings is 1. The van der Waals surface area contributed by atoms with Crippen molar-refractivity contribution in [1.82, 2.24) is 10.2 Å². The number of rotatable bonds is 7. The van der Waals surface area contributed by atoms with E-state index in [-0.39, 0.29) is 5.97 Å². The number of hydrogen-bond acceptors (Lipinski definition) is 4. The fraction of sp³-hybridized carbons (Fsp3) is 0.938. The Morgan fingerprint density at radius 2 is 1.95 bits per heavy atom. The zero-order valence-electron chi connectivity index (χ0n) is 13.3. The van der Waals surface area contributed by atoms with Gasteiger partial charge in [0, 0.05) is 12.6 Å². The minimum absolute atomic E-state index is 0.118. The van der Waals surface area contributed by atoms with Crippen LogP contribution < -0.4 is 5.32 Å². The molecule has 1 N–H and O–H groups in total. The third kappa shape index (κ3) is 4.19. The summed E-state index contributed by atoms with van der Waals surface area (Å²) in [5, 5.41) is 3.48. The summed E-state index contributed by atoms with van der Waals surface area (Å²) in [6.07, 6.45) is 7.13. The molecule has 0 radical (unpaired) electrons. The highest BCUT2D eigenvalue weighted by molar-refractivity contribution is 5.80. The van der Waals surface area contributed by atoms with E-state index in [0.717, 1.165) is 18.9 Å². The molecule has 0 aromatic carbocycles. The van der Waals surface area contributed by atoms with Crippen LogP contribution in [0, 0.1) is 5.92 Å². The van der Waals surface area contributed by atoms with Gasteiger partial charge in [0.05, 0.1) is 7.11 Å². The first-order valence-electron chi connectivity index (χ1n) is 8.16. The van der Waals surface area contributed by atoms with Crippen molar-refractivity contribution in [1.29, 1.82) is 0 Å². The number of hydrogen-bond donors (Lipinski definition) is 1. The van der Waals surface area contributed by atoms with Crippen LogP contribution in [-0.4, -0.2) is 49.2 Å². The van der Waals surface area contributed by atoms with E-state index in [1.807, 2.05) is 6.92 Å². The summed E-state index contributed by atoms with van der Waals surface area (Å²) in [4.78, 5) is 14.6.